The Morgan fingerprint density at radius 1 is 1.03 bits per heavy atom. The van der Waals surface area contributed by atoms with Crippen LogP contribution in [0.1, 0.15) is 44.4 Å². The molecule has 2 aromatic carbocycles. The lowest BCUT2D eigenvalue weighted by molar-refractivity contribution is -0.118. The summed E-state index contributed by atoms with van der Waals surface area (Å²) in [6.07, 6.45) is 3.48. The second kappa shape index (κ2) is 10.7. The lowest BCUT2D eigenvalue weighted by Crippen LogP contribution is -2.59. The number of rotatable bonds is 6. The Morgan fingerprint density at radius 3 is 2.36 bits per heavy atom. The molecule has 39 heavy (non-hydrogen) atoms. The lowest BCUT2D eigenvalue weighted by atomic mass is 9.69. The van der Waals surface area contributed by atoms with Gasteiger partial charge in [0.2, 0.25) is 15.9 Å². The predicted octanol–water partition coefficient (Wildman–Crippen LogP) is 5.54. The Labute approximate surface area is 234 Å². The van der Waals surface area contributed by atoms with Crippen molar-refractivity contribution < 1.29 is 17.6 Å². The van der Waals surface area contributed by atoms with Crippen molar-refractivity contribution in [2.45, 2.75) is 56.9 Å². The van der Waals surface area contributed by atoms with E-state index in [2.05, 4.69) is 15.2 Å². The highest BCUT2D eigenvalue weighted by Crippen LogP contribution is 2.46. The summed E-state index contributed by atoms with van der Waals surface area (Å²) >= 11 is 1.40. The minimum absolute atomic E-state index is 0.0825. The van der Waals surface area contributed by atoms with Crippen molar-refractivity contribution in [1.29, 1.82) is 0 Å². The third-order valence-corrected chi connectivity index (χ3v) is 11.2. The summed E-state index contributed by atoms with van der Waals surface area (Å²) in [7, 11) is -3.60. The largest absolute Gasteiger partial charge is 0.301 e. The Balaban J connectivity index is 1.20. The zero-order valence-electron chi connectivity index (χ0n) is 22.6. The van der Waals surface area contributed by atoms with Crippen molar-refractivity contribution >= 4 is 32.4 Å². The quantitative estimate of drug-likeness (QED) is 0.421. The smallest absolute Gasteiger partial charge is 0.243 e. The van der Waals surface area contributed by atoms with Crippen LogP contribution < -0.4 is 5.32 Å². The normalized spacial score (nSPS) is 19.7. The van der Waals surface area contributed by atoms with Crippen LogP contribution in [0.2, 0.25) is 0 Å². The van der Waals surface area contributed by atoms with E-state index in [4.69, 9.17) is 0 Å². The highest BCUT2D eigenvalue weighted by Gasteiger charge is 2.49. The molecule has 0 atom stereocenters. The summed E-state index contributed by atoms with van der Waals surface area (Å²) in [4.78, 5) is 20.8. The Kier molecular flexibility index (Phi) is 7.67. The number of aryl methyl sites for hydroxylation is 1. The number of amides is 1. The van der Waals surface area contributed by atoms with Crippen molar-refractivity contribution in [2.75, 3.05) is 31.5 Å². The Bertz CT molecular complexity index is 1430. The number of likely N-dealkylation sites (tertiary alicyclic amines) is 1. The molecular formula is C29H35FN4O3S2. The number of thiazole rings is 1. The lowest BCUT2D eigenvalue weighted by Gasteiger charge is -2.53. The fourth-order valence-electron chi connectivity index (χ4n) is 5.70. The van der Waals surface area contributed by atoms with Gasteiger partial charge in [-0.25, -0.2) is 17.8 Å². The van der Waals surface area contributed by atoms with E-state index in [0.717, 1.165) is 54.9 Å². The predicted molar refractivity (Wildman–Crippen MR) is 153 cm³/mol. The molecule has 5 rings (SSSR count). The number of nitrogens with one attached hydrogen (secondary N) is 1. The van der Waals surface area contributed by atoms with Gasteiger partial charge in [-0.05, 0) is 101 Å². The molecule has 2 aliphatic heterocycles. The molecule has 0 radical (unpaired) electrons. The highest BCUT2D eigenvalue weighted by molar-refractivity contribution is 7.89. The summed E-state index contributed by atoms with van der Waals surface area (Å²) in [6, 6.07) is 14.9. The maximum absolute atomic E-state index is 13.6. The summed E-state index contributed by atoms with van der Waals surface area (Å²) in [6.45, 7) is 8.21. The van der Waals surface area contributed by atoms with Crippen LogP contribution in [0.5, 0.6) is 0 Å². The van der Waals surface area contributed by atoms with Crippen molar-refractivity contribution in [3.8, 4) is 11.3 Å². The molecule has 2 fully saturated rings. The maximum Gasteiger partial charge on any atom is 0.243 e. The third-order valence-electron chi connectivity index (χ3n) is 8.20. The van der Waals surface area contributed by atoms with Gasteiger partial charge in [-0.15, -0.1) is 11.3 Å². The van der Waals surface area contributed by atoms with Gasteiger partial charge < -0.3 is 5.32 Å². The van der Waals surface area contributed by atoms with Gasteiger partial charge in [-0.1, -0.05) is 18.2 Å². The average Bonchev–Trinajstić information content (AvgIpc) is 3.27. The number of carbonyl (C=O) groups is 1. The number of piperidine rings is 2. The van der Waals surface area contributed by atoms with Crippen LogP contribution >= 0.6 is 11.3 Å². The van der Waals surface area contributed by atoms with Crippen LogP contribution in [0.15, 0.2) is 59.5 Å². The number of hydrogen-bond donors (Lipinski definition) is 1. The van der Waals surface area contributed by atoms with E-state index in [1.165, 1.54) is 23.5 Å². The molecule has 3 aromatic rings. The van der Waals surface area contributed by atoms with E-state index >= 15 is 0 Å². The van der Waals surface area contributed by atoms with Gasteiger partial charge in [0.25, 0.3) is 0 Å². The molecule has 2 aliphatic rings. The van der Waals surface area contributed by atoms with Crippen LogP contribution in [-0.2, 0) is 14.8 Å². The molecule has 1 aromatic heterocycles. The van der Waals surface area contributed by atoms with Gasteiger partial charge >= 0.3 is 0 Å². The standard InChI is InChI=1S/C29H35FN4O3S2/c1-21-26(22-9-11-23(30)12-10-22)32-27(38-21)31-25(35)19-33-17-15-29(16-18-33)14-13-28(2,3)34(20-29)39(36,37)24-7-5-4-6-8-24/h4-12H,13-20H2,1-3H3,(H,31,32,35). The number of benzene rings is 2. The van der Waals surface area contributed by atoms with E-state index in [9.17, 15) is 17.6 Å². The first-order valence-corrected chi connectivity index (χ1v) is 15.6. The molecule has 10 heteroatoms. The maximum atomic E-state index is 13.6. The summed E-state index contributed by atoms with van der Waals surface area (Å²) in [5.41, 5.74) is 1.02. The molecule has 0 unspecified atom stereocenters. The first kappa shape index (κ1) is 27.9. The summed E-state index contributed by atoms with van der Waals surface area (Å²) in [5, 5.41) is 3.45. The first-order valence-electron chi connectivity index (χ1n) is 13.3. The van der Waals surface area contributed by atoms with E-state index in [-0.39, 0.29) is 23.7 Å². The van der Waals surface area contributed by atoms with E-state index < -0.39 is 15.6 Å². The number of aromatic nitrogens is 1. The topological polar surface area (TPSA) is 82.6 Å². The Morgan fingerprint density at radius 2 is 1.69 bits per heavy atom. The van der Waals surface area contributed by atoms with Crippen molar-refractivity contribution in [2.24, 2.45) is 5.41 Å². The molecule has 0 saturated carbocycles. The summed E-state index contributed by atoms with van der Waals surface area (Å²) in [5.74, 6) is -0.422. The van der Waals surface area contributed by atoms with E-state index in [0.29, 0.717) is 16.6 Å². The second-order valence-corrected chi connectivity index (χ2v) is 14.5. The minimum Gasteiger partial charge on any atom is -0.301 e. The number of carbonyl (C=O) groups excluding carboxylic acids is 1. The Hall–Kier alpha value is -2.66. The SMILES string of the molecule is Cc1sc(NC(=O)CN2CCC3(CC2)CCC(C)(C)N(S(=O)(=O)c2ccccc2)C3)nc1-c1ccc(F)cc1. The second-order valence-electron chi connectivity index (χ2n) is 11.4. The molecular weight excluding hydrogens is 535 g/mol. The van der Waals surface area contributed by atoms with Crippen LogP contribution in [-0.4, -0.2) is 60.2 Å². The van der Waals surface area contributed by atoms with E-state index in [1.54, 1.807) is 40.7 Å². The van der Waals surface area contributed by atoms with Gasteiger partial charge in [0.15, 0.2) is 5.13 Å². The molecule has 208 valence electrons. The molecule has 1 N–H and O–H groups in total. The number of nitrogens with zero attached hydrogens (tertiary/aromatic N) is 3. The summed E-state index contributed by atoms with van der Waals surface area (Å²) < 4.78 is 42.2. The average molecular weight is 571 g/mol. The number of anilines is 1. The molecule has 0 aliphatic carbocycles. The monoisotopic (exact) mass is 570 g/mol. The van der Waals surface area contributed by atoms with Crippen LogP contribution in [0, 0.1) is 18.2 Å². The minimum atomic E-state index is -3.60. The van der Waals surface area contributed by atoms with Gasteiger partial charge in [-0.3, -0.25) is 9.69 Å². The van der Waals surface area contributed by atoms with Gasteiger partial charge in [0, 0.05) is 22.5 Å². The van der Waals surface area contributed by atoms with Gasteiger partial charge in [-0.2, -0.15) is 4.31 Å². The van der Waals surface area contributed by atoms with Crippen molar-refractivity contribution in [1.82, 2.24) is 14.2 Å². The molecule has 3 heterocycles. The number of halogens is 1. The number of sulfonamides is 1. The highest BCUT2D eigenvalue weighted by atomic mass is 32.2. The van der Waals surface area contributed by atoms with Crippen LogP contribution in [0.3, 0.4) is 0 Å². The fourth-order valence-corrected chi connectivity index (χ4v) is 8.50. The van der Waals surface area contributed by atoms with Crippen molar-refractivity contribution in [3.63, 3.8) is 0 Å². The number of hydrogen-bond acceptors (Lipinski definition) is 6. The first-order chi connectivity index (χ1) is 18.5. The molecule has 1 amide bonds. The molecule has 0 bridgehead atoms. The zero-order valence-corrected chi connectivity index (χ0v) is 24.2. The van der Waals surface area contributed by atoms with Gasteiger partial charge in [0.05, 0.1) is 17.1 Å². The van der Waals surface area contributed by atoms with Crippen molar-refractivity contribution in [3.05, 3.63) is 65.3 Å². The fraction of sp³-hybridized carbons (Fsp3) is 0.448. The van der Waals surface area contributed by atoms with Crippen LogP contribution in [0.4, 0.5) is 9.52 Å². The zero-order chi connectivity index (χ0) is 27.8. The molecule has 2 saturated heterocycles. The molecule has 1 spiro atoms. The van der Waals surface area contributed by atoms with Crippen LogP contribution in [0.25, 0.3) is 11.3 Å². The molecule has 7 nitrogen and oxygen atoms in total. The van der Waals surface area contributed by atoms with E-state index in [1.807, 2.05) is 26.8 Å². The third kappa shape index (κ3) is 5.94. The van der Waals surface area contributed by atoms with Gasteiger partial charge in [0.1, 0.15) is 5.82 Å².